The van der Waals surface area contributed by atoms with Crippen molar-refractivity contribution in [1.29, 1.82) is 0 Å². The molecule has 94 valence electrons. The Balaban J connectivity index is 2.55. The molecule has 1 aromatic rings. The smallest absolute Gasteiger partial charge is 0.224 e. The predicted octanol–water partition coefficient (Wildman–Crippen LogP) is 1.50. The normalized spacial score (nSPS) is 12.5. The first-order chi connectivity index (χ1) is 8.02. The number of benzene rings is 1. The summed E-state index contributed by atoms with van der Waals surface area (Å²) in [6.45, 7) is 3.75. The van der Waals surface area contributed by atoms with Crippen LogP contribution in [0, 0.1) is 11.7 Å². The van der Waals surface area contributed by atoms with Crippen LogP contribution < -0.4 is 5.32 Å². The van der Waals surface area contributed by atoms with Gasteiger partial charge in [0.25, 0.3) is 0 Å². The van der Waals surface area contributed by atoms with Gasteiger partial charge < -0.3 is 10.4 Å². The Hall–Kier alpha value is -1.42. The fourth-order valence-corrected chi connectivity index (χ4v) is 1.51. The van der Waals surface area contributed by atoms with Crippen molar-refractivity contribution in [3.8, 4) is 0 Å². The molecule has 0 aliphatic carbocycles. The van der Waals surface area contributed by atoms with Crippen LogP contribution in [0.1, 0.15) is 19.4 Å². The average molecular weight is 239 g/mol. The van der Waals surface area contributed by atoms with E-state index in [1.54, 1.807) is 12.1 Å². The van der Waals surface area contributed by atoms with Crippen LogP contribution >= 0.6 is 0 Å². The zero-order chi connectivity index (χ0) is 12.8. The number of nitrogens with one attached hydrogen (secondary N) is 1. The van der Waals surface area contributed by atoms with Crippen LogP contribution in [-0.2, 0) is 11.2 Å². The second-order valence-corrected chi connectivity index (χ2v) is 4.41. The Morgan fingerprint density at radius 1 is 1.47 bits per heavy atom. The van der Waals surface area contributed by atoms with E-state index in [0.29, 0.717) is 5.56 Å². The lowest BCUT2D eigenvalue weighted by Gasteiger charge is -2.19. The van der Waals surface area contributed by atoms with Gasteiger partial charge in [-0.2, -0.15) is 0 Å². The summed E-state index contributed by atoms with van der Waals surface area (Å²) in [5.74, 6) is -0.391. The third kappa shape index (κ3) is 4.53. The van der Waals surface area contributed by atoms with Crippen LogP contribution in [0.4, 0.5) is 4.39 Å². The third-order valence-corrected chi connectivity index (χ3v) is 2.60. The molecule has 0 bridgehead atoms. The first-order valence-electron chi connectivity index (χ1n) is 5.67. The summed E-state index contributed by atoms with van der Waals surface area (Å²) in [6, 6.07) is 5.70. The summed E-state index contributed by atoms with van der Waals surface area (Å²) in [4.78, 5) is 11.7. The minimum absolute atomic E-state index is 0.0907. The van der Waals surface area contributed by atoms with Crippen LogP contribution in [0.15, 0.2) is 24.3 Å². The lowest BCUT2D eigenvalue weighted by atomic mass is 10.0. The molecular formula is C13H18FNO2. The first-order valence-corrected chi connectivity index (χ1v) is 5.67. The molecule has 0 saturated heterocycles. The number of rotatable bonds is 5. The highest BCUT2D eigenvalue weighted by Crippen LogP contribution is 2.05. The quantitative estimate of drug-likeness (QED) is 0.818. The molecule has 0 aliphatic rings. The SMILES string of the molecule is CC(C)[C@@H](CO)NC(=O)Cc1cccc(F)c1. The van der Waals surface area contributed by atoms with Gasteiger partial charge in [-0.1, -0.05) is 26.0 Å². The first kappa shape index (κ1) is 13.6. The lowest BCUT2D eigenvalue weighted by molar-refractivity contribution is -0.121. The van der Waals surface area contributed by atoms with E-state index in [9.17, 15) is 9.18 Å². The number of hydrogen-bond acceptors (Lipinski definition) is 2. The molecule has 0 unspecified atom stereocenters. The van der Waals surface area contributed by atoms with Crippen molar-refractivity contribution in [1.82, 2.24) is 5.32 Å². The molecule has 0 aromatic heterocycles. The highest BCUT2D eigenvalue weighted by Gasteiger charge is 2.15. The molecular weight excluding hydrogens is 221 g/mol. The van der Waals surface area contributed by atoms with E-state index in [-0.39, 0.29) is 36.7 Å². The van der Waals surface area contributed by atoms with E-state index in [2.05, 4.69) is 5.32 Å². The largest absolute Gasteiger partial charge is 0.394 e. The maximum atomic E-state index is 12.9. The van der Waals surface area contributed by atoms with Crippen molar-refractivity contribution in [3.05, 3.63) is 35.6 Å². The maximum Gasteiger partial charge on any atom is 0.224 e. The molecule has 0 fully saturated rings. The van der Waals surface area contributed by atoms with Crippen LogP contribution in [0.3, 0.4) is 0 Å². The van der Waals surface area contributed by atoms with Crippen molar-refractivity contribution >= 4 is 5.91 Å². The van der Waals surface area contributed by atoms with Crippen LogP contribution in [0.25, 0.3) is 0 Å². The zero-order valence-electron chi connectivity index (χ0n) is 10.1. The zero-order valence-corrected chi connectivity index (χ0v) is 10.1. The summed E-state index contributed by atoms with van der Waals surface area (Å²) >= 11 is 0. The molecule has 0 saturated carbocycles. The van der Waals surface area contributed by atoms with Gasteiger partial charge in [0.05, 0.1) is 19.1 Å². The van der Waals surface area contributed by atoms with Crippen LogP contribution in [0.5, 0.6) is 0 Å². The van der Waals surface area contributed by atoms with Gasteiger partial charge >= 0.3 is 0 Å². The molecule has 1 rings (SSSR count). The van der Waals surface area contributed by atoms with E-state index in [1.807, 2.05) is 13.8 Å². The lowest BCUT2D eigenvalue weighted by Crippen LogP contribution is -2.41. The molecule has 1 amide bonds. The number of amides is 1. The number of aliphatic hydroxyl groups excluding tert-OH is 1. The molecule has 0 heterocycles. The second kappa shape index (κ2) is 6.35. The Kier molecular flexibility index (Phi) is 5.10. The van der Waals surface area contributed by atoms with Crippen LogP contribution in [-0.4, -0.2) is 23.7 Å². The molecule has 3 nitrogen and oxygen atoms in total. The summed E-state index contributed by atoms with van der Waals surface area (Å²) in [5.41, 5.74) is 0.628. The molecule has 17 heavy (non-hydrogen) atoms. The number of carbonyl (C=O) groups is 1. The summed E-state index contributed by atoms with van der Waals surface area (Å²) in [7, 11) is 0. The minimum atomic E-state index is -0.349. The topological polar surface area (TPSA) is 49.3 Å². The van der Waals surface area contributed by atoms with Gasteiger partial charge in [-0.05, 0) is 23.6 Å². The van der Waals surface area contributed by atoms with Crippen molar-refractivity contribution in [3.63, 3.8) is 0 Å². The second-order valence-electron chi connectivity index (χ2n) is 4.41. The number of aliphatic hydroxyl groups is 1. The van der Waals surface area contributed by atoms with Crippen molar-refractivity contribution in [2.45, 2.75) is 26.3 Å². The van der Waals surface area contributed by atoms with E-state index in [1.165, 1.54) is 12.1 Å². The highest BCUT2D eigenvalue weighted by molar-refractivity contribution is 5.78. The van der Waals surface area contributed by atoms with Gasteiger partial charge in [-0.15, -0.1) is 0 Å². The van der Waals surface area contributed by atoms with Crippen molar-refractivity contribution in [2.75, 3.05) is 6.61 Å². The minimum Gasteiger partial charge on any atom is -0.394 e. The molecule has 2 N–H and O–H groups in total. The predicted molar refractivity (Wildman–Crippen MR) is 64.0 cm³/mol. The van der Waals surface area contributed by atoms with Gasteiger partial charge in [-0.3, -0.25) is 4.79 Å². The molecule has 1 atom stereocenters. The van der Waals surface area contributed by atoms with Gasteiger partial charge in [0.2, 0.25) is 5.91 Å². The number of hydrogen-bond donors (Lipinski definition) is 2. The number of halogens is 1. The van der Waals surface area contributed by atoms with E-state index < -0.39 is 0 Å². The van der Waals surface area contributed by atoms with E-state index >= 15 is 0 Å². The maximum absolute atomic E-state index is 12.9. The number of carbonyl (C=O) groups excluding carboxylic acids is 1. The fraction of sp³-hybridized carbons (Fsp3) is 0.462. The molecule has 0 radical (unpaired) electrons. The average Bonchev–Trinajstić information content (AvgIpc) is 2.25. The summed E-state index contributed by atoms with van der Waals surface area (Å²) < 4.78 is 12.9. The van der Waals surface area contributed by atoms with Crippen LogP contribution in [0.2, 0.25) is 0 Å². The molecule has 4 heteroatoms. The van der Waals surface area contributed by atoms with Gasteiger partial charge in [0.15, 0.2) is 0 Å². The van der Waals surface area contributed by atoms with Crippen molar-refractivity contribution in [2.24, 2.45) is 5.92 Å². The summed E-state index contributed by atoms with van der Waals surface area (Å²) in [6.07, 6.45) is 0.126. The Morgan fingerprint density at radius 3 is 2.71 bits per heavy atom. The van der Waals surface area contributed by atoms with Gasteiger partial charge in [0.1, 0.15) is 5.82 Å². The van der Waals surface area contributed by atoms with Gasteiger partial charge in [-0.25, -0.2) is 4.39 Å². The Bertz CT molecular complexity index is 379. The fourth-order valence-electron chi connectivity index (χ4n) is 1.51. The van der Waals surface area contributed by atoms with E-state index in [0.717, 1.165) is 0 Å². The Morgan fingerprint density at radius 2 is 2.18 bits per heavy atom. The van der Waals surface area contributed by atoms with Crippen molar-refractivity contribution < 1.29 is 14.3 Å². The third-order valence-electron chi connectivity index (χ3n) is 2.60. The Labute approximate surface area is 101 Å². The summed E-state index contributed by atoms with van der Waals surface area (Å²) in [5, 5.41) is 11.8. The van der Waals surface area contributed by atoms with E-state index in [4.69, 9.17) is 5.11 Å². The monoisotopic (exact) mass is 239 g/mol. The molecule has 0 spiro atoms. The molecule has 1 aromatic carbocycles. The van der Waals surface area contributed by atoms with Gasteiger partial charge in [0, 0.05) is 0 Å². The standard InChI is InChI=1S/C13H18FNO2/c1-9(2)12(8-16)15-13(17)7-10-4-3-5-11(14)6-10/h3-6,9,12,16H,7-8H2,1-2H3,(H,15,17)/t12-/m1/s1. The molecule has 0 aliphatic heterocycles. The highest BCUT2D eigenvalue weighted by atomic mass is 19.1.